The molecule has 0 saturated heterocycles. The molecule has 0 aliphatic heterocycles. The normalized spacial score (nSPS) is 17.2. The first-order valence-electron chi connectivity index (χ1n) is 12.5. The number of aromatic nitrogens is 4. The summed E-state index contributed by atoms with van der Waals surface area (Å²) in [6.07, 6.45) is 4.49. The molecule has 4 heterocycles. The number of aliphatic carboxylic acids is 1. The number of nitrogens with one attached hydrogen (secondary N) is 2. The van der Waals surface area contributed by atoms with Crippen molar-refractivity contribution in [1.29, 1.82) is 0 Å². The molecule has 5 rings (SSSR count). The third-order valence-electron chi connectivity index (χ3n) is 6.83. The van der Waals surface area contributed by atoms with Crippen LogP contribution in [0.4, 0.5) is 11.6 Å². The molecule has 0 bridgehead atoms. The van der Waals surface area contributed by atoms with Gasteiger partial charge in [-0.05, 0) is 56.3 Å². The lowest BCUT2D eigenvalue weighted by molar-refractivity contribution is -0.147. The molecule has 1 aliphatic rings. The van der Waals surface area contributed by atoms with Crippen LogP contribution in [-0.4, -0.2) is 37.1 Å². The lowest BCUT2D eigenvalue weighted by Crippen LogP contribution is -2.36. The molecule has 1 saturated carbocycles. The minimum absolute atomic E-state index is 0.278. The van der Waals surface area contributed by atoms with Crippen molar-refractivity contribution in [3.8, 4) is 22.0 Å². The van der Waals surface area contributed by atoms with Crippen molar-refractivity contribution in [2.24, 2.45) is 11.8 Å². The Balaban J connectivity index is 1.30. The van der Waals surface area contributed by atoms with Crippen LogP contribution in [0.2, 0.25) is 0 Å². The number of carbonyl (C=O) groups is 2. The van der Waals surface area contributed by atoms with Crippen LogP contribution < -0.4 is 10.6 Å². The van der Waals surface area contributed by atoms with Crippen LogP contribution in [0.1, 0.15) is 42.6 Å². The van der Waals surface area contributed by atoms with Crippen molar-refractivity contribution >= 4 is 34.8 Å². The van der Waals surface area contributed by atoms with Gasteiger partial charge in [0.15, 0.2) is 5.76 Å². The van der Waals surface area contributed by atoms with Crippen LogP contribution in [0.3, 0.4) is 0 Å². The molecule has 1 fully saturated rings. The number of amides is 1. The van der Waals surface area contributed by atoms with E-state index in [0.717, 1.165) is 34.7 Å². The number of nitrogens with zero attached hydrogens (tertiary/aromatic N) is 4. The Morgan fingerprint density at radius 3 is 2.61 bits per heavy atom. The monoisotopic (exact) mass is 532 g/mol. The number of aryl methyl sites for hydroxylation is 2. The zero-order chi connectivity index (χ0) is 26.6. The van der Waals surface area contributed by atoms with Gasteiger partial charge in [-0.1, -0.05) is 24.1 Å². The van der Waals surface area contributed by atoms with Crippen molar-refractivity contribution in [2.45, 2.75) is 46.1 Å². The van der Waals surface area contributed by atoms with Gasteiger partial charge in [0.1, 0.15) is 5.69 Å². The number of pyridine rings is 1. The molecule has 11 heteroatoms. The molecule has 10 nitrogen and oxygen atoms in total. The number of hydrogen-bond donors (Lipinski definition) is 3. The minimum Gasteiger partial charge on any atom is -0.481 e. The largest absolute Gasteiger partial charge is 0.481 e. The minimum atomic E-state index is -0.916. The second-order valence-electron chi connectivity index (χ2n) is 9.33. The Hall–Kier alpha value is -4.12. The lowest BCUT2D eigenvalue weighted by atomic mass is 9.78. The molecule has 2 unspecified atom stereocenters. The second-order valence-corrected chi connectivity index (χ2v) is 10.3. The zero-order valence-corrected chi connectivity index (χ0v) is 21.9. The molecular weight excluding hydrogens is 504 g/mol. The van der Waals surface area contributed by atoms with E-state index in [1.165, 1.54) is 0 Å². The van der Waals surface area contributed by atoms with Gasteiger partial charge in [-0.3, -0.25) is 9.59 Å². The van der Waals surface area contributed by atoms with Gasteiger partial charge in [0.05, 0.1) is 39.5 Å². The average molecular weight is 533 g/mol. The standard InChI is InChI=1S/C27H28N6O4S/c1-15-19(14-29-27-28-12-11-21(32-27)23-8-5-13-38-23)24(37-33-15)22-10-9-20(16(2)30-22)31-25(34)17-6-3-4-7-18(17)26(35)36/h5,8-13,17-18H,3-4,6-7,14H2,1-2H3,(H,31,34)(H,35,36)(H,28,29,32). The van der Waals surface area contributed by atoms with Crippen molar-refractivity contribution in [3.63, 3.8) is 0 Å². The van der Waals surface area contributed by atoms with Crippen molar-refractivity contribution in [1.82, 2.24) is 20.1 Å². The molecule has 0 spiro atoms. The number of anilines is 2. The van der Waals surface area contributed by atoms with Gasteiger partial charge in [-0.25, -0.2) is 15.0 Å². The summed E-state index contributed by atoms with van der Waals surface area (Å²) in [6, 6.07) is 9.39. The summed E-state index contributed by atoms with van der Waals surface area (Å²) in [5, 5.41) is 21.8. The Bertz CT molecular complexity index is 1450. The summed E-state index contributed by atoms with van der Waals surface area (Å²) < 4.78 is 5.62. The fourth-order valence-corrected chi connectivity index (χ4v) is 5.45. The van der Waals surface area contributed by atoms with E-state index in [1.807, 2.05) is 30.5 Å². The molecule has 2 atom stereocenters. The van der Waals surface area contributed by atoms with Gasteiger partial charge < -0.3 is 20.3 Å². The smallest absolute Gasteiger partial charge is 0.307 e. The van der Waals surface area contributed by atoms with E-state index < -0.39 is 17.8 Å². The van der Waals surface area contributed by atoms with Crippen LogP contribution >= 0.6 is 11.3 Å². The summed E-state index contributed by atoms with van der Waals surface area (Å²) in [5.41, 5.74) is 4.10. The van der Waals surface area contributed by atoms with Crippen molar-refractivity contribution in [2.75, 3.05) is 10.6 Å². The molecule has 4 aromatic heterocycles. The topological polar surface area (TPSA) is 143 Å². The Morgan fingerprint density at radius 1 is 1.05 bits per heavy atom. The summed E-state index contributed by atoms with van der Waals surface area (Å²) in [7, 11) is 0. The zero-order valence-electron chi connectivity index (χ0n) is 21.1. The fraction of sp³-hybridized carbons (Fsp3) is 0.333. The Kier molecular flexibility index (Phi) is 7.45. The average Bonchev–Trinajstić information content (AvgIpc) is 3.59. The van der Waals surface area contributed by atoms with E-state index in [4.69, 9.17) is 4.52 Å². The highest BCUT2D eigenvalue weighted by Crippen LogP contribution is 2.32. The van der Waals surface area contributed by atoms with Gasteiger partial charge in [0, 0.05) is 18.3 Å². The van der Waals surface area contributed by atoms with E-state index in [0.29, 0.717) is 48.2 Å². The van der Waals surface area contributed by atoms with Crippen LogP contribution in [0, 0.1) is 25.7 Å². The van der Waals surface area contributed by atoms with Crippen molar-refractivity contribution < 1.29 is 19.2 Å². The maximum absolute atomic E-state index is 12.9. The summed E-state index contributed by atoms with van der Waals surface area (Å²) in [6.45, 7) is 4.03. The Morgan fingerprint density at radius 2 is 1.87 bits per heavy atom. The number of carboxylic acids is 1. The molecule has 3 N–H and O–H groups in total. The Labute approximate surface area is 223 Å². The fourth-order valence-electron chi connectivity index (χ4n) is 4.76. The SMILES string of the molecule is Cc1nc(-c2onc(C)c2CNc2nccc(-c3cccs3)n2)ccc1NC(=O)C1CCCCC1C(=O)O. The van der Waals surface area contributed by atoms with Crippen molar-refractivity contribution in [3.05, 3.63) is 58.9 Å². The maximum Gasteiger partial charge on any atom is 0.307 e. The van der Waals surface area contributed by atoms with Crippen LogP contribution in [0.15, 0.2) is 46.4 Å². The van der Waals surface area contributed by atoms with Gasteiger partial charge >= 0.3 is 5.97 Å². The third-order valence-corrected chi connectivity index (χ3v) is 7.73. The summed E-state index contributed by atoms with van der Waals surface area (Å²) in [5.74, 6) is -1.38. The molecule has 1 aliphatic carbocycles. The third kappa shape index (κ3) is 5.42. The highest BCUT2D eigenvalue weighted by Gasteiger charge is 2.36. The summed E-state index contributed by atoms with van der Waals surface area (Å²) >= 11 is 1.61. The van der Waals surface area contributed by atoms with Crippen LogP contribution in [-0.2, 0) is 16.1 Å². The van der Waals surface area contributed by atoms with Crippen LogP contribution in [0.5, 0.6) is 0 Å². The summed E-state index contributed by atoms with van der Waals surface area (Å²) in [4.78, 5) is 39.2. The van der Waals surface area contributed by atoms with E-state index in [9.17, 15) is 14.7 Å². The number of carbonyl (C=O) groups excluding carboxylic acids is 1. The molecule has 38 heavy (non-hydrogen) atoms. The predicted molar refractivity (Wildman–Crippen MR) is 144 cm³/mol. The number of hydrogen-bond acceptors (Lipinski definition) is 9. The van der Waals surface area contributed by atoms with Gasteiger partial charge in [-0.15, -0.1) is 11.3 Å². The van der Waals surface area contributed by atoms with Gasteiger partial charge in [0.2, 0.25) is 11.9 Å². The highest BCUT2D eigenvalue weighted by molar-refractivity contribution is 7.13. The van der Waals surface area contributed by atoms with Gasteiger partial charge in [0.25, 0.3) is 0 Å². The van der Waals surface area contributed by atoms with Crippen LogP contribution in [0.25, 0.3) is 22.0 Å². The molecule has 4 aromatic rings. The molecule has 1 amide bonds. The number of rotatable bonds is 8. The molecule has 196 valence electrons. The van der Waals surface area contributed by atoms with E-state index in [1.54, 1.807) is 36.6 Å². The van der Waals surface area contributed by atoms with E-state index in [2.05, 4.69) is 30.7 Å². The first-order valence-corrected chi connectivity index (χ1v) is 13.4. The molecule has 0 aromatic carbocycles. The number of carboxylic acid groups (broad SMARTS) is 1. The molecular formula is C27H28N6O4S. The highest BCUT2D eigenvalue weighted by atomic mass is 32.1. The van der Waals surface area contributed by atoms with Gasteiger partial charge in [-0.2, -0.15) is 0 Å². The first-order chi connectivity index (χ1) is 18.4. The quantitative estimate of drug-likeness (QED) is 0.275. The van der Waals surface area contributed by atoms with E-state index >= 15 is 0 Å². The first kappa shape index (κ1) is 25.5. The second kappa shape index (κ2) is 11.1. The molecule has 0 radical (unpaired) electrons. The lowest BCUT2D eigenvalue weighted by Gasteiger charge is -2.27. The number of thiophene rings is 1. The van der Waals surface area contributed by atoms with E-state index in [-0.39, 0.29) is 5.91 Å². The predicted octanol–water partition coefficient (Wildman–Crippen LogP) is 5.31. The maximum atomic E-state index is 12.9.